The van der Waals surface area contributed by atoms with Gasteiger partial charge in [0.2, 0.25) is 0 Å². The Balaban J connectivity index is 1.60. The van der Waals surface area contributed by atoms with Crippen molar-refractivity contribution in [1.82, 2.24) is 19.5 Å². The standard InChI is InChI=1S/C24H26N4S2/c1-16-4-8-18(9-5-16)21-22(19-10-6-17(2)7-11-19)27-23(26-21)20(29)12-15-30-24-25-13-14-28(24)3/h4-11,13-14,20,29H,12,15H2,1-3H3,(H,26,27). The van der Waals surface area contributed by atoms with Gasteiger partial charge in [0.25, 0.3) is 0 Å². The van der Waals surface area contributed by atoms with Crippen molar-refractivity contribution in [3.63, 3.8) is 0 Å². The quantitative estimate of drug-likeness (QED) is 0.267. The SMILES string of the molecule is Cc1ccc(-c2nc(C(S)CCSc3nccn3C)[nH]c2-c2ccc(C)cc2)cc1. The highest BCUT2D eigenvalue weighted by molar-refractivity contribution is 7.99. The minimum Gasteiger partial charge on any atom is -0.341 e. The van der Waals surface area contributed by atoms with E-state index in [9.17, 15) is 0 Å². The molecule has 4 rings (SSSR count). The first kappa shape index (κ1) is 20.8. The largest absolute Gasteiger partial charge is 0.341 e. The summed E-state index contributed by atoms with van der Waals surface area (Å²) in [6, 6.07) is 17.1. The summed E-state index contributed by atoms with van der Waals surface area (Å²) < 4.78 is 2.04. The molecule has 0 aliphatic rings. The number of hydrogen-bond donors (Lipinski definition) is 2. The third-order valence-corrected chi connectivity index (χ3v) is 6.70. The second-order valence-corrected chi connectivity index (χ2v) is 9.24. The van der Waals surface area contributed by atoms with Gasteiger partial charge in [0.1, 0.15) is 5.82 Å². The van der Waals surface area contributed by atoms with Crippen molar-refractivity contribution in [1.29, 1.82) is 0 Å². The molecule has 0 fully saturated rings. The van der Waals surface area contributed by atoms with Crippen LogP contribution in [0.15, 0.2) is 66.1 Å². The summed E-state index contributed by atoms with van der Waals surface area (Å²) in [6.07, 6.45) is 4.69. The molecule has 1 atom stereocenters. The minimum absolute atomic E-state index is 0.0289. The lowest BCUT2D eigenvalue weighted by molar-refractivity contribution is 0.785. The van der Waals surface area contributed by atoms with Crippen LogP contribution in [0, 0.1) is 13.8 Å². The number of aromatic nitrogens is 4. The van der Waals surface area contributed by atoms with Crippen LogP contribution in [0.2, 0.25) is 0 Å². The Labute approximate surface area is 187 Å². The average Bonchev–Trinajstić information content (AvgIpc) is 3.36. The Hall–Kier alpha value is -2.44. The van der Waals surface area contributed by atoms with E-state index in [0.29, 0.717) is 0 Å². The molecular formula is C24H26N4S2. The van der Waals surface area contributed by atoms with Gasteiger partial charge in [-0.05, 0) is 20.3 Å². The number of benzene rings is 2. The minimum atomic E-state index is 0.0289. The van der Waals surface area contributed by atoms with Crippen molar-refractivity contribution in [2.24, 2.45) is 7.05 Å². The number of rotatable bonds is 7. The molecule has 4 nitrogen and oxygen atoms in total. The Morgan fingerprint density at radius 3 is 2.23 bits per heavy atom. The maximum Gasteiger partial charge on any atom is 0.167 e. The molecule has 0 aliphatic heterocycles. The third-order valence-electron chi connectivity index (χ3n) is 5.10. The van der Waals surface area contributed by atoms with Crippen LogP contribution >= 0.6 is 24.4 Å². The number of thiol groups is 1. The van der Waals surface area contributed by atoms with Crippen LogP contribution in [0.3, 0.4) is 0 Å². The summed E-state index contributed by atoms with van der Waals surface area (Å²) in [4.78, 5) is 12.9. The highest BCUT2D eigenvalue weighted by atomic mass is 32.2. The van der Waals surface area contributed by atoms with Crippen LogP contribution in [-0.2, 0) is 7.05 Å². The molecule has 0 saturated carbocycles. The number of nitrogens with zero attached hydrogens (tertiary/aromatic N) is 3. The van der Waals surface area contributed by atoms with Crippen molar-refractivity contribution in [2.45, 2.75) is 30.7 Å². The van der Waals surface area contributed by atoms with Crippen LogP contribution in [0.1, 0.15) is 28.6 Å². The first-order valence-electron chi connectivity index (χ1n) is 10.0. The predicted octanol–water partition coefficient (Wildman–Crippen LogP) is 6.25. The van der Waals surface area contributed by atoms with E-state index in [0.717, 1.165) is 45.7 Å². The number of aromatic amines is 1. The molecule has 2 heterocycles. The molecule has 0 spiro atoms. The van der Waals surface area contributed by atoms with Crippen molar-refractivity contribution in [2.75, 3.05) is 5.75 Å². The fourth-order valence-corrected chi connectivity index (χ4v) is 4.65. The average molecular weight is 435 g/mol. The highest BCUT2D eigenvalue weighted by Crippen LogP contribution is 2.34. The van der Waals surface area contributed by atoms with Gasteiger partial charge in [-0.15, -0.1) is 0 Å². The third kappa shape index (κ3) is 4.65. The number of imidazole rings is 2. The topological polar surface area (TPSA) is 46.5 Å². The Morgan fingerprint density at radius 2 is 1.63 bits per heavy atom. The van der Waals surface area contributed by atoms with Gasteiger partial charge in [-0.2, -0.15) is 12.6 Å². The van der Waals surface area contributed by atoms with Crippen molar-refractivity contribution < 1.29 is 0 Å². The fourth-order valence-electron chi connectivity index (χ4n) is 3.29. The second kappa shape index (κ2) is 9.14. The summed E-state index contributed by atoms with van der Waals surface area (Å²) in [5.41, 5.74) is 6.76. The van der Waals surface area contributed by atoms with Crippen LogP contribution < -0.4 is 0 Å². The molecule has 0 aliphatic carbocycles. The van der Waals surface area contributed by atoms with E-state index in [-0.39, 0.29) is 5.25 Å². The van der Waals surface area contributed by atoms with Crippen LogP contribution in [0.4, 0.5) is 0 Å². The van der Waals surface area contributed by atoms with E-state index in [1.807, 2.05) is 24.0 Å². The predicted molar refractivity (Wildman–Crippen MR) is 129 cm³/mol. The zero-order chi connectivity index (χ0) is 21.1. The summed E-state index contributed by atoms with van der Waals surface area (Å²) in [6.45, 7) is 4.20. The fraction of sp³-hybridized carbons (Fsp3) is 0.250. The summed E-state index contributed by atoms with van der Waals surface area (Å²) in [5.74, 6) is 1.84. The van der Waals surface area contributed by atoms with Crippen LogP contribution in [-0.4, -0.2) is 25.3 Å². The van der Waals surface area contributed by atoms with Gasteiger partial charge < -0.3 is 9.55 Å². The van der Waals surface area contributed by atoms with Gasteiger partial charge in [-0.3, -0.25) is 0 Å². The van der Waals surface area contributed by atoms with E-state index in [1.54, 1.807) is 11.8 Å². The van der Waals surface area contributed by atoms with Crippen LogP contribution in [0.5, 0.6) is 0 Å². The summed E-state index contributed by atoms with van der Waals surface area (Å²) in [7, 11) is 2.02. The van der Waals surface area contributed by atoms with Gasteiger partial charge in [0.05, 0.1) is 16.6 Å². The molecular weight excluding hydrogens is 408 g/mol. The van der Waals surface area contributed by atoms with Crippen molar-refractivity contribution in [3.8, 4) is 22.5 Å². The van der Waals surface area contributed by atoms with Gasteiger partial charge in [-0.25, -0.2) is 9.97 Å². The summed E-state index contributed by atoms with van der Waals surface area (Å²) >= 11 is 6.61. The molecule has 0 bridgehead atoms. The lowest BCUT2D eigenvalue weighted by Crippen LogP contribution is -1.97. The Morgan fingerprint density at radius 1 is 1.00 bits per heavy atom. The molecule has 2 aromatic carbocycles. The van der Waals surface area contributed by atoms with Gasteiger partial charge in [0, 0.05) is 36.3 Å². The Kier molecular flexibility index (Phi) is 6.35. The number of aryl methyl sites for hydroxylation is 3. The molecule has 0 saturated heterocycles. The molecule has 154 valence electrons. The van der Waals surface area contributed by atoms with Gasteiger partial charge >= 0.3 is 0 Å². The van der Waals surface area contributed by atoms with E-state index >= 15 is 0 Å². The first-order chi connectivity index (χ1) is 14.5. The molecule has 1 unspecified atom stereocenters. The molecule has 0 radical (unpaired) electrons. The Bertz CT molecular complexity index is 1050. The number of thioether (sulfide) groups is 1. The molecule has 6 heteroatoms. The van der Waals surface area contributed by atoms with Gasteiger partial charge in [-0.1, -0.05) is 71.4 Å². The summed E-state index contributed by atoms with van der Waals surface area (Å²) in [5, 5.41) is 1.05. The van der Waals surface area contributed by atoms with E-state index in [1.165, 1.54) is 11.1 Å². The second-order valence-electron chi connectivity index (χ2n) is 7.55. The van der Waals surface area contributed by atoms with Gasteiger partial charge in [0.15, 0.2) is 5.16 Å². The lowest BCUT2D eigenvalue weighted by atomic mass is 10.0. The smallest absolute Gasteiger partial charge is 0.167 e. The zero-order valence-electron chi connectivity index (χ0n) is 17.5. The first-order valence-corrected chi connectivity index (χ1v) is 11.5. The maximum absolute atomic E-state index is 4.98. The zero-order valence-corrected chi connectivity index (χ0v) is 19.2. The highest BCUT2D eigenvalue weighted by Gasteiger charge is 2.18. The molecule has 4 aromatic rings. The van der Waals surface area contributed by atoms with E-state index in [4.69, 9.17) is 17.6 Å². The van der Waals surface area contributed by atoms with Crippen LogP contribution in [0.25, 0.3) is 22.5 Å². The molecule has 1 N–H and O–H groups in total. The maximum atomic E-state index is 4.98. The number of hydrogen-bond acceptors (Lipinski definition) is 4. The molecule has 30 heavy (non-hydrogen) atoms. The van der Waals surface area contributed by atoms with Crippen molar-refractivity contribution >= 4 is 24.4 Å². The number of H-pyrrole nitrogens is 1. The van der Waals surface area contributed by atoms with E-state index in [2.05, 4.69) is 72.3 Å². The van der Waals surface area contributed by atoms with Crippen molar-refractivity contribution in [3.05, 3.63) is 77.9 Å². The normalized spacial score (nSPS) is 12.3. The molecule has 2 aromatic heterocycles. The lowest BCUT2D eigenvalue weighted by Gasteiger charge is -2.07. The monoisotopic (exact) mass is 434 g/mol. The number of nitrogens with one attached hydrogen (secondary N) is 1. The molecule has 0 amide bonds. The van der Waals surface area contributed by atoms with E-state index < -0.39 is 0 Å².